The minimum absolute atomic E-state index is 0. The van der Waals surface area contributed by atoms with Gasteiger partial charge in [-0.2, -0.15) is 0 Å². The number of piperazine rings is 1. The Morgan fingerprint density at radius 3 is 2.39 bits per heavy atom. The molecule has 0 aromatic heterocycles. The molecule has 2 aliphatic rings. The maximum absolute atomic E-state index is 13.2. The van der Waals surface area contributed by atoms with Crippen molar-refractivity contribution in [1.82, 2.24) is 15.1 Å². The number of alkyl halides is 2. The Hall–Kier alpha value is -0.990. The monoisotopic (exact) mass is 355 g/mol. The maximum atomic E-state index is 13.2. The summed E-state index contributed by atoms with van der Waals surface area (Å²) in [7, 11) is 1.36. The van der Waals surface area contributed by atoms with E-state index in [1.807, 2.05) is 6.92 Å². The number of ether oxygens (including phenoxy) is 1. The summed E-state index contributed by atoms with van der Waals surface area (Å²) in [6.07, 6.45) is -0.119. The van der Waals surface area contributed by atoms with Crippen molar-refractivity contribution >= 4 is 24.3 Å². The van der Waals surface area contributed by atoms with Crippen molar-refractivity contribution in [2.45, 2.75) is 37.8 Å². The number of hydrogen-bond donors (Lipinski definition) is 1. The lowest BCUT2D eigenvalue weighted by molar-refractivity contribution is -0.143. The second-order valence-corrected chi connectivity index (χ2v) is 5.98. The zero-order valence-electron chi connectivity index (χ0n) is 13.4. The predicted molar refractivity (Wildman–Crippen MR) is 82.9 cm³/mol. The summed E-state index contributed by atoms with van der Waals surface area (Å²) >= 11 is 0. The van der Waals surface area contributed by atoms with Gasteiger partial charge >= 0.3 is 5.97 Å². The zero-order valence-corrected chi connectivity index (χ0v) is 14.2. The summed E-state index contributed by atoms with van der Waals surface area (Å²) in [5.74, 6) is -3.31. The first-order valence-corrected chi connectivity index (χ1v) is 7.53. The topological polar surface area (TPSA) is 61.9 Å². The molecule has 0 aromatic rings. The second-order valence-electron chi connectivity index (χ2n) is 5.98. The van der Waals surface area contributed by atoms with Crippen LogP contribution in [0.25, 0.3) is 0 Å². The normalized spacial score (nSPS) is 25.6. The van der Waals surface area contributed by atoms with Crippen LogP contribution in [0.1, 0.15) is 19.8 Å². The molecule has 23 heavy (non-hydrogen) atoms. The second kappa shape index (κ2) is 8.21. The number of nitrogens with zero attached hydrogens (tertiary/aromatic N) is 2. The molecule has 0 spiro atoms. The fourth-order valence-electron chi connectivity index (χ4n) is 2.95. The average molecular weight is 356 g/mol. The van der Waals surface area contributed by atoms with Crippen LogP contribution in [0.3, 0.4) is 0 Å². The molecule has 2 saturated heterocycles. The average Bonchev–Trinajstić information content (AvgIpc) is 2.86. The van der Waals surface area contributed by atoms with Crippen molar-refractivity contribution in [2.75, 3.05) is 39.8 Å². The summed E-state index contributed by atoms with van der Waals surface area (Å²) in [5, 5.41) is 2.60. The van der Waals surface area contributed by atoms with Crippen molar-refractivity contribution in [3.05, 3.63) is 0 Å². The first-order valence-electron chi connectivity index (χ1n) is 7.53. The smallest absolute Gasteiger partial charge is 0.307 e. The number of hydrogen-bond acceptors (Lipinski definition) is 5. The van der Waals surface area contributed by atoms with Gasteiger partial charge in [-0.05, 0) is 6.92 Å². The predicted octanol–water partition coefficient (Wildman–Crippen LogP) is 0.501. The van der Waals surface area contributed by atoms with E-state index in [0.29, 0.717) is 32.6 Å². The molecular formula is C14H24ClF2N3O3. The number of halogens is 3. The number of nitrogens with one attached hydrogen (secondary N) is 1. The number of amides is 1. The van der Waals surface area contributed by atoms with E-state index in [9.17, 15) is 18.4 Å². The van der Waals surface area contributed by atoms with Crippen LogP contribution in [0.2, 0.25) is 0 Å². The van der Waals surface area contributed by atoms with Crippen LogP contribution in [-0.4, -0.2) is 79.5 Å². The van der Waals surface area contributed by atoms with Crippen LogP contribution >= 0.6 is 12.4 Å². The number of methoxy groups -OCH3 is 1. The Kier molecular flexibility index (Phi) is 7.16. The van der Waals surface area contributed by atoms with Crippen LogP contribution in [-0.2, 0) is 14.3 Å². The minimum atomic E-state index is -2.79. The first-order chi connectivity index (χ1) is 10.3. The summed E-state index contributed by atoms with van der Waals surface area (Å²) in [5.41, 5.74) is 0. The van der Waals surface area contributed by atoms with E-state index in [2.05, 4.69) is 15.0 Å². The number of rotatable bonds is 4. The van der Waals surface area contributed by atoms with Gasteiger partial charge in [0, 0.05) is 38.6 Å². The Morgan fingerprint density at radius 1 is 1.30 bits per heavy atom. The highest BCUT2D eigenvalue weighted by Crippen LogP contribution is 2.26. The molecule has 2 unspecified atom stereocenters. The van der Waals surface area contributed by atoms with Gasteiger partial charge in [0.15, 0.2) is 0 Å². The van der Waals surface area contributed by atoms with Crippen LogP contribution in [0.4, 0.5) is 8.78 Å². The van der Waals surface area contributed by atoms with Crippen LogP contribution in [0.15, 0.2) is 0 Å². The molecular weight excluding hydrogens is 332 g/mol. The lowest BCUT2D eigenvalue weighted by atomic mass is 10.1. The molecule has 0 aliphatic carbocycles. The summed E-state index contributed by atoms with van der Waals surface area (Å²) < 4.78 is 31.0. The van der Waals surface area contributed by atoms with Crippen molar-refractivity contribution in [2.24, 2.45) is 0 Å². The van der Waals surface area contributed by atoms with Gasteiger partial charge in [0.05, 0.1) is 26.1 Å². The van der Waals surface area contributed by atoms with Gasteiger partial charge in [-0.25, -0.2) is 8.78 Å². The minimum Gasteiger partial charge on any atom is -0.469 e. The lowest BCUT2D eigenvalue weighted by Crippen LogP contribution is -2.54. The molecule has 134 valence electrons. The van der Waals surface area contributed by atoms with Gasteiger partial charge in [-0.3, -0.25) is 19.8 Å². The van der Waals surface area contributed by atoms with E-state index in [1.165, 1.54) is 7.11 Å². The summed E-state index contributed by atoms with van der Waals surface area (Å²) in [6.45, 7) is 3.76. The van der Waals surface area contributed by atoms with Crippen molar-refractivity contribution in [3.8, 4) is 0 Å². The Labute approximate surface area is 140 Å². The highest BCUT2D eigenvalue weighted by atomic mass is 35.5. The van der Waals surface area contributed by atoms with E-state index in [0.717, 1.165) is 0 Å². The largest absolute Gasteiger partial charge is 0.469 e. The fraction of sp³-hybridized carbons (Fsp3) is 0.857. The number of carbonyl (C=O) groups excluding carboxylic acids is 2. The Morgan fingerprint density at radius 2 is 1.91 bits per heavy atom. The summed E-state index contributed by atoms with van der Waals surface area (Å²) in [6, 6.07) is -0.743. The SMILES string of the molecule is COC(=O)CC(C)N1CCN(C(=O)C2CC(F)(F)CN2)CC1.Cl. The molecule has 0 saturated carbocycles. The zero-order chi connectivity index (χ0) is 16.3. The highest BCUT2D eigenvalue weighted by molar-refractivity contribution is 5.85. The lowest BCUT2D eigenvalue weighted by Gasteiger charge is -2.38. The third-order valence-electron chi connectivity index (χ3n) is 4.35. The van der Waals surface area contributed by atoms with Crippen molar-refractivity contribution < 1.29 is 23.1 Å². The number of esters is 1. The van der Waals surface area contributed by atoms with E-state index >= 15 is 0 Å². The molecule has 1 amide bonds. The molecule has 2 atom stereocenters. The van der Waals surface area contributed by atoms with Gasteiger partial charge in [-0.15, -0.1) is 12.4 Å². The third kappa shape index (κ3) is 5.26. The molecule has 0 bridgehead atoms. The molecule has 0 aromatic carbocycles. The van der Waals surface area contributed by atoms with E-state index in [-0.39, 0.29) is 30.3 Å². The van der Waals surface area contributed by atoms with E-state index in [4.69, 9.17) is 0 Å². The molecule has 2 aliphatic heterocycles. The third-order valence-corrected chi connectivity index (χ3v) is 4.35. The van der Waals surface area contributed by atoms with Crippen molar-refractivity contribution in [1.29, 1.82) is 0 Å². The standard InChI is InChI=1S/C14H23F2N3O3.ClH/c1-10(7-12(20)22-2)18-3-5-19(6-4-18)13(21)11-8-14(15,16)9-17-11;/h10-11,17H,3-9H2,1-2H3;1H. The first kappa shape index (κ1) is 20.1. The highest BCUT2D eigenvalue weighted by Gasteiger charge is 2.43. The molecule has 2 fully saturated rings. The van der Waals surface area contributed by atoms with Gasteiger partial charge in [0.1, 0.15) is 0 Å². The molecule has 2 heterocycles. The fourth-order valence-corrected chi connectivity index (χ4v) is 2.95. The molecule has 6 nitrogen and oxygen atoms in total. The van der Waals surface area contributed by atoms with E-state index in [1.54, 1.807) is 4.90 Å². The molecule has 9 heteroatoms. The van der Waals surface area contributed by atoms with Gasteiger partial charge in [-0.1, -0.05) is 0 Å². The van der Waals surface area contributed by atoms with E-state index < -0.39 is 24.9 Å². The van der Waals surface area contributed by atoms with Crippen molar-refractivity contribution in [3.63, 3.8) is 0 Å². The molecule has 2 rings (SSSR count). The Balaban J connectivity index is 0.00000264. The van der Waals surface area contributed by atoms with Gasteiger partial charge in [0.2, 0.25) is 5.91 Å². The quantitative estimate of drug-likeness (QED) is 0.744. The molecule has 1 N–H and O–H groups in total. The van der Waals surface area contributed by atoms with Gasteiger partial charge < -0.3 is 9.64 Å². The van der Waals surface area contributed by atoms with Crippen LogP contribution < -0.4 is 5.32 Å². The van der Waals surface area contributed by atoms with Gasteiger partial charge in [0.25, 0.3) is 5.92 Å². The number of carbonyl (C=O) groups is 2. The van der Waals surface area contributed by atoms with Crippen LogP contribution in [0.5, 0.6) is 0 Å². The molecule has 0 radical (unpaired) electrons. The van der Waals surface area contributed by atoms with Crippen LogP contribution in [0, 0.1) is 0 Å². The summed E-state index contributed by atoms with van der Waals surface area (Å²) in [4.78, 5) is 27.2. The Bertz CT molecular complexity index is 431. The maximum Gasteiger partial charge on any atom is 0.307 e.